The summed E-state index contributed by atoms with van der Waals surface area (Å²) in [5.74, 6) is 1.08. The Bertz CT molecular complexity index is 411. The van der Waals surface area contributed by atoms with E-state index < -0.39 is 0 Å². The van der Waals surface area contributed by atoms with Crippen molar-refractivity contribution in [2.75, 3.05) is 11.5 Å². The Hall–Kier alpha value is -0.670. The fourth-order valence-corrected chi connectivity index (χ4v) is 4.27. The summed E-state index contributed by atoms with van der Waals surface area (Å²) < 4.78 is 6.39. The highest BCUT2D eigenvalue weighted by Gasteiger charge is 2.40. The maximum absolute atomic E-state index is 6.39. The average molecular weight is 277 g/mol. The highest BCUT2D eigenvalue weighted by Crippen LogP contribution is 2.42. The fourth-order valence-electron chi connectivity index (χ4n) is 3.33. The first-order valence-corrected chi connectivity index (χ1v) is 8.41. The van der Waals surface area contributed by atoms with Gasteiger partial charge in [-0.05, 0) is 49.9 Å². The molecule has 0 amide bonds. The second-order valence-electron chi connectivity index (χ2n) is 5.90. The van der Waals surface area contributed by atoms with Crippen molar-refractivity contribution in [3.05, 3.63) is 24.3 Å². The maximum atomic E-state index is 6.39. The predicted octanol–water partition coefficient (Wildman–Crippen LogP) is 4.24. The van der Waals surface area contributed by atoms with E-state index in [9.17, 15) is 0 Å². The zero-order chi connectivity index (χ0) is 13.1. The molecule has 3 heteroatoms. The van der Waals surface area contributed by atoms with Gasteiger partial charge in [0.05, 0.1) is 11.7 Å². The summed E-state index contributed by atoms with van der Waals surface area (Å²) in [7, 11) is 0. The minimum absolute atomic E-state index is 0.255. The van der Waals surface area contributed by atoms with Crippen LogP contribution in [0.25, 0.3) is 0 Å². The molecule has 0 radical (unpaired) electrons. The molecule has 2 N–H and O–H groups in total. The molecule has 1 aliphatic carbocycles. The lowest BCUT2D eigenvalue weighted by Crippen LogP contribution is -2.32. The Kier molecular flexibility index (Phi) is 4.04. The number of hydrogen-bond donors (Lipinski definition) is 1. The van der Waals surface area contributed by atoms with Gasteiger partial charge in [0.1, 0.15) is 0 Å². The molecule has 0 aromatic heterocycles. The highest BCUT2D eigenvalue weighted by molar-refractivity contribution is 7.99. The standard InChI is InChI=1S/C16H23NOS/c17-13-4-6-15(7-5-13)19-12-14-8-11-16(18-14)9-2-1-3-10-16/h4-7,14H,1-3,8-12,17H2. The van der Waals surface area contributed by atoms with Crippen molar-refractivity contribution in [2.45, 2.75) is 61.5 Å². The van der Waals surface area contributed by atoms with Crippen LogP contribution in [-0.2, 0) is 4.74 Å². The maximum Gasteiger partial charge on any atom is 0.0687 e. The van der Waals surface area contributed by atoms with Crippen LogP contribution in [0.5, 0.6) is 0 Å². The summed E-state index contributed by atoms with van der Waals surface area (Å²) in [6.45, 7) is 0. The molecule has 1 unspecified atom stereocenters. The van der Waals surface area contributed by atoms with Crippen molar-refractivity contribution in [3.63, 3.8) is 0 Å². The number of nitrogen functional groups attached to an aromatic ring is 1. The third-order valence-electron chi connectivity index (χ3n) is 4.42. The first-order chi connectivity index (χ1) is 9.26. The number of ether oxygens (including phenoxy) is 1. The quantitative estimate of drug-likeness (QED) is 0.663. The molecule has 1 aromatic rings. The van der Waals surface area contributed by atoms with E-state index in [1.54, 1.807) is 0 Å². The molecule has 2 aliphatic rings. The van der Waals surface area contributed by atoms with Crippen LogP contribution in [0.1, 0.15) is 44.9 Å². The lowest BCUT2D eigenvalue weighted by atomic mass is 9.83. The highest BCUT2D eigenvalue weighted by atomic mass is 32.2. The topological polar surface area (TPSA) is 35.2 Å². The molecule has 1 aromatic carbocycles. The summed E-state index contributed by atoms with van der Waals surface area (Å²) in [5, 5.41) is 0. The second-order valence-corrected chi connectivity index (χ2v) is 7.00. The SMILES string of the molecule is Nc1ccc(SCC2CCC3(CCCCC3)O2)cc1. The van der Waals surface area contributed by atoms with Gasteiger partial charge in [0, 0.05) is 16.3 Å². The summed E-state index contributed by atoms with van der Waals surface area (Å²) >= 11 is 1.89. The fraction of sp³-hybridized carbons (Fsp3) is 0.625. The van der Waals surface area contributed by atoms with Crippen molar-refractivity contribution in [3.8, 4) is 0 Å². The van der Waals surface area contributed by atoms with Gasteiger partial charge in [-0.3, -0.25) is 0 Å². The Labute approximate surface area is 120 Å². The van der Waals surface area contributed by atoms with Gasteiger partial charge in [-0.25, -0.2) is 0 Å². The number of anilines is 1. The van der Waals surface area contributed by atoms with E-state index in [1.807, 2.05) is 23.9 Å². The Morgan fingerprint density at radius 1 is 1.11 bits per heavy atom. The van der Waals surface area contributed by atoms with Gasteiger partial charge < -0.3 is 10.5 Å². The molecular formula is C16H23NOS. The minimum atomic E-state index is 0.255. The normalized spacial score (nSPS) is 25.8. The van der Waals surface area contributed by atoms with Crippen LogP contribution in [0, 0.1) is 0 Å². The van der Waals surface area contributed by atoms with Gasteiger partial charge in [-0.15, -0.1) is 11.8 Å². The molecule has 2 fully saturated rings. The van der Waals surface area contributed by atoms with Gasteiger partial charge in [0.15, 0.2) is 0 Å². The second kappa shape index (κ2) is 5.76. The molecule has 1 atom stereocenters. The van der Waals surface area contributed by atoms with Crippen LogP contribution in [0.3, 0.4) is 0 Å². The van der Waals surface area contributed by atoms with Crippen LogP contribution >= 0.6 is 11.8 Å². The molecular weight excluding hydrogens is 254 g/mol. The van der Waals surface area contributed by atoms with Crippen LogP contribution in [0.2, 0.25) is 0 Å². The van der Waals surface area contributed by atoms with E-state index in [0.717, 1.165) is 11.4 Å². The van der Waals surface area contributed by atoms with Gasteiger partial charge in [0.25, 0.3) is 0 Å². The zero-order valence-corrected chi connectivity index (χ0v) is 12.3. The van der Waals surface area contributed by atoms with Crippen molar-refractivity contribution in [1.29, 1.82) is 0 Å². The van der Waals surface area contributed by atoms with Crippen molar-refractivity contribution < 1.29 is 4.74 Å². The molecule has 3 rings (SSSR count). The Balaban J connectivity index is 1.50. The first-order valence-electron chi connectivity index (χ1n) is 7.42. The van der Waals surface area contributed by atoms with Crippen molar-refractivity contribution >= 4 is 17.4 Å². The average Bonchev–Trinajstić information content (AvgIpc) is 2.82. The molecule has 19 heavy (non-hydrogen) atoms. The summed E-state index contributed by atoms with van der Waals surface area (Å²) in [5.41, 5.74) is 6.79. The molecule has 1 aliphatic heterocycles. The van der Waals surface area contributed by atoms with E-state index in [4.69, 9.17) is 10.5 Å². The molecule has 1 heterocycles. The monoisotopic (exact) mass is 277 g/mol. The number of rotatable bonds is 3. The van der Waals surface area contributed by atoms with E-state index >= 15 is 0 Å². The van der Waals surface area contributed by atoms with Crippen molar-refractivity contribution in [2.24, 2.45) is 0 Å². The lowest BCUT2D eigenvalue weighted by Gasteiger charge is -2.33. The number of nitrogens with two attached hydrogens (primary N) is 1. The van der Waals surface area contributed by atoms with Crippen molar-refractivity contribution in [1.82, 2.24) is 0 Å². The van der Waals surface area contributed by atoms with Crippen LogP contribution in [-0.4, -0.2) is 17.5 Å². The van der Waals surface area contributed by atoms with E-state index in [0.29, 0.717) is 6.10 Å². The van der Waals surface area contributed by atoms with Crippen LogP contribution in [0.15, 0.2) is 29.2 Å². The third kappa shape index (κ3) is 3.26. The predicted molar refractivity (Wildman–Crippen MR) is 81.5 cm³/mol. The molecule has 2 nitrogen and oxygen atoms in total. The molecule has 1 saturated heterocycles. The molecule has 1 saturated carbocycles. The van der Waals surface area contributed by atoms with Crippen LogP contribution in [0.4, 0.5) is 5.69 Å². The van der Waals surface area contributed by atoms with Gasteiger partial charge >= 0.3 is 0 Å². The minimum Gasteiger partial charge on any atom is -0.399 e. The number of benzene rings is 1. The summed E-state index contributed by atoms with van der Waals surface area (Å²) in [6, 6.07) is 8.15. The lowest BCUT2D eigenvalue weighted by molar-refractivity contribution is -0.0555. The third-order valence-corrected chi connectivity index (χ3v) is 5.56. The van der Waals surface area contributed by atoms with E-state index in [2.05, 4.69) is 12.1 Å². The summed E-state index contributed by atoms with van der Waals surface area (Å²) in [4.78, 5) is 1.29. The zero-order valence-electron chi connectivity index (χ0n) is 11.4. The van der Waals surface area contributed by atoms with Gasteiger partial charge in [-0.1, -0.05) is 19.3 Å². The molecule has 1 spiro atoms. The largest absolute Gasteiger partial charge is 0.399 e. The van der Waals surface area contributed by atoms with Crippen LogP contribution < -0.4 is 5.73 Å². The van der Waals surface area contributed by atoms with Gasteiger partial charge in [-0.2, -0.15) is 0 Å². The van der Waals surface area contributed by atoms with Gasteiger partial charge in [0.2, 0.25) is 0 Å². The molecule has 104 valence electrons. The molecule has 0 bridgehead atoms. The smallest absolute Gasteiger partial charge is 0.0687 e. The number of hydrogen-bond acceptors (Lipinski definition) is 3. The Morgan fingerprint density at radius 2 is 1.84 bits per heavy atom. The van der Waals surface area contributed by atoms with E-state index in [1.165, 1.54) is 49.8 Å². The summed E-state index contributed by atoms with van der Waals surface area (Å²) in [6.07, 6.45) is 9.65. The van der Waals surface area contributed by atoms with E-state index in [-0.39, 0.29) is 5.60 Å². The first kappa shape index (κ1) is 13.3. The number of thioether (sulfide) groups is 1. The Morgan fingerprint density at radius 3 is 2.58 bits per heavy atom.